The number of nitrogens with zero attached hydrogens (tertiary/aromatic N) is 1. The molecule has 0 aromatic rings. The quantitative estimate of drug-likeness (QED) is 0.638. The van der Waals surface area contributed by atoms with E-state index >= 15 is 0 Å². The monoisotopic (exact) mass is 216 g/mol. The fraction of sp³-hybridized carbons (Fsp3) is 1.00. The summed E-state index contributed by atoms with van der Waals surface area (Å²) < 4.78 is 5.14. The summed E-state index contributed by atoms with van der Waals surface area (Å²) in [5, 5.41) is 0. The summed E-state index contributed by atoms with van der Waals surface area (Å²) in [6.07, 6.45) is 2.35. The molecule has 15 heavy (non-hydrogen) atoms. The van der Waals surface area contributed by atoms with Crippen LogP contribution < -0.4 is 5.73 Å². The molecular weight excluding hydrogens is 188 g/mol. The van der Waals surface area contributed by atoms with Gasteiger partial charge < -0.3 is 10.5 Å². The van der Waals surface area contributed by atoms with Gasteiger partial charge in [0.25, 0.3) is 0 Å². The molecule has 2 unspecified atom stereocenters. The second-order valence-corrected chi connectivity index (χ2v) is 4.25. The molecule has 92 valence electrons. The van der Waals surface area contributed by atoms with Crippen molar-refractivity contribution in [3.05, 3.63) is 0 Å². The predicted octanol–water partition coefficient (Wildman–Crippen LogP) is 1.72. The number of methoxy groups -OCH3 is 1. The van der Waals surface area contributed by atoms with Gasteiger partial charge >= 0.3 is 0 Å². The van der Waals surface area contributed by atoms with Gasteiger partial charge in [0.15, 0.2) is 0 Å². The van der Waals surface area contributed by atoms with Crippen molar-refractivity contribution in [2.24, 2.45) is 11.7 Å². The van der Waals surface area contributed by atoms with Gasteiger partial charge in [-0.15, -0.1) is 0 Å². The van der Waals surface area contributed by atoms with Crippen molar-refractivity contribution >= 4 is 0 Å². The zero-order valence-corrected chi connectivity index (χ0v) is 10.8. The molecule has 0 bridgehead atoms. The first kappa shape index (κ1) is 14.9. The van der Waals surface area contributed by atoms with E-state index in [9.17, 15) is 0 Å². The second kappa shape index (κ2) is 9.13. The van der Waals surface area contributed by atoms with Crippen LogP contribution in [0.15, 0.2) is 0 Å². The summed E-state index contributed by atoms with van der Waals surface area (Å²) >= 11 is 0. The SMILES string of the molecule is CCC(CN)CN(CCOC)C(C)CC. The highest BCUT2D eigenvalue weighted by Gasteiger charge is 2.15. The van der Waals surface area contributed by atoms with Gasteiger partial charge in [-0.1, -0.05) is 20.3 Å². The predicted molar refractivity (Wildman–Crippen MR) is 66.0 cm³/mol. The van der Waals surface area contributed by atoms with Gasteiger partial charge in [0.2, 0.25) is 0 Å². The zero-order valence-electron chi connectivity index (χ0n) is 10.8. The lowest BCUT2D eigenvalue weighted by Crippen LogP contribution is -2.40. The van der Waals surface area contributed by atoms with Crippen molar-refractivity contribution in [1.82, 2.24) is 4.90 Å². The molecule has 2 atom stereocenters. The maximum atomic E-state index is 5.74. The van der Waals surface area contributed by atoms with Crippen molar-refractivity contribution in [3.63, 3.8) is 0 Å². The normalized spacial score (nSPS) is 15.6. The zero-order chi connectivity index (χ0) is 11.7. The summed E-state index contributed by atoms with van der Waals surface area (Å²) in [4.78, 5) is 2.49. The molecule has 3 nitrogen and oxygen atoms in total. The topological polar surface area (TPSA) is 38.5 Å². The van der Waals surface area contributed by atoms with Gasteiger partial charge in [-0.05, 0) is 25.8 Å². The van der Waals surface area contributed by atoms with E-state index in [1.54, 1.807) is 7.11 Å². The molecule has 0 aliphatic heterocycles. The Morgan fingerprint density at radius 2 is 1.93 bits per heavy atom. The van der Waals surface area contributed by atoms with Crippen LogP contribution >= 0.6 is 0 Å². The van der Waals surface area contributed by atoms with Crippen molar-refractivity contribution in [2.45, 2.75) is 39.7 Å². The molecule has 0 fully saturated rings. The highest BCUT2D eigenvalue weighted by atomic mass is 16.5. The van der Waals surface area contributed by atoms with E-state index < -0.39 is 0 Å². The lowest BCUT2D eigenvalue weighted by atomic mass is 10.0. The van der Waals surface area contributed by atoms with E-state index in [4.69, 9.17) is 10.5 Å². The maximum absolute atomic E-state index is 5.74. The molecule has 2 N–H and O–H groups in total. The molecule has 0 spiro atoms. The van der Waals surface area contributed by atoms with Crippen LogP contribution in [0, 0.1) is 5.92 Å². The Labute approximate surface area is 95.0 Å². The summed E-state index contributed by atoms with van der Waals surface area (Å²) in [7, 11) is 1.76. The lowest BCUT2D eigenvalue weighted by molar-refractivity contribution is 0.109. The van der Waals surface area contributed by atoms with E-state index in [2.05, 4.69) is 25.7 Å². The van der Waals surface area contributed by atoms with E-state index in [1.807, 2.05) is 0 Å². The third-order valence-electron chi connectivity index (χ3n) is 3.20. The number of hydrogen-bond donors (Lipinski definition) is 1. The number of nitrogens with two attached hydrogens (primary N) is 1. The minimum absolute atomic E-state index is 0.621. The minimum atomic E-state index is 0.621. The fourth-order valence-electron chi connectivity index (χ4n) is 1.66. The Hall–Kier alpha value is -0.120. The van der Waals surface area contributed by atoms with Crippen LogP contribution in [0.2, 0.25) is 0 Å². The van der Waals surface area contributed by atoms with Crippen molar-refractivity contribution in [1.29, 1.82) is 0 Å². The van der Waals surface area contributed by atoms with E-state index in [0.717, 1.165) is 32.7 Å². The van der Waals surface area contributed by atoms with Crippen molar-refractivity contribution in [2.75, 3.05) is 33.4 Å². The Morgan fingerprint density at radius 3 is 2.33 bits per heavy atom. The highest BCUT2D eigenvalue weighted by molar-refractivity contribution is 4.70. The first-order chi connectivity index (χ1) is 7.19. The Balaban J connectivity index is 4.09. The fourth-order valence-corrected chi connectivity index (χ4v) is 1.66. The Bertz CT molecular complexity index is 138. The third kappa shape index (κ3) is 6.13. The van der Waals surface area contributed by atoms with Gasteiger partial charge in [-0.2, -0.15) is 0 Å². The van der Waals surface area contributed by atoms with Crippen molar-refractivity contribution < 1.29 is 4.74 Å². The molecule has 0 saturated heterocycles. The molecule has 3 heteroatoms. The molecule has 0 amide bonds. The van der Waals surface area contributed by atoms with Gasteiger partial charge in [0.1, 0.15) is 0 Å². The smallest absolute Gasteiger partial charge is 0.0589 e. The third-order valence-corrected chi connectivity index (χ3v) is 3.20. The molecule has 0 aliphatic rings. The summed E-state index contributed by atoms with van der Waals surface area (Å²) in [6, 6.07) is 0.626. The van der Waals surface area contributed by atoms with E-state index in [0.29, 0.717) is 12.0 Å². The molecule has 0 aromatic carbocycles. The van der Waals surface area contributed by atoms with Crippen LogP contribution in [-0.4, -0.2) is 44.3 Å². The van der Waals surface area contributed by atoms with E-state index in [1.165, 1.54) is 6.42 Å². The van der Waals surface area contributed by atoms with Crippen molar-refractivity contribution in [3.8, 4) is 0 Å². The molecule has 0 saturated carbocycles. The van der Waals surface area contributed by atoms with Crippen LogP contribution in [0.4, 0.5) is 0 Å². The highest BCUT2D eigenvalue weighted by Crippen LogP contribution is 2.09. The summed E-state index contributed by atoms with van der Waals surface area (Å²) in [5.74, 6) is 0.621. The summed E-state index contributed by atoms with van der Waals surface area (Å²) in [6.45, 7) is 10.4. The number of ether oxygens (including phenoxy) is 1. The van der Waals surface area contributed by atoms with Crippen LogP contribution in [0.25, 0.3) is 0 Å². The molecule has 0 radical (unpaired) electrons. The maximum Gasteiger partial charge on any atom is 0.0589 e. The number of hydrogen-bond acceptors (Lipinski definition) is 3. The number of rotatable bonds is 9. The van der Waals surface area contributed by atoms with Gasteiger partial charge in [-0.3, -0.25) is 4.90 Å². The standard InChI is InChI=1S/C12H28N2O/c1-5-11(3)14(7-8-15-4)10-12(6-2)9-13/h11-12H,5-10,13H2,1-4H3. The van der Waals surface area contributed by atoms with Gasteiger partial charge in [-0.25, -0.2) is 0 Å². The minimum Gasteiger partial charge on any atom is -0.383 e. The molecule has 0 rings (SSSR count). The van der Waals surface area contributed by atoms with Crippen LogP contribution in [-0.2, 0) is 4.74 Å². The van der Waals surface area contributed by atoms with E-state index in [-0.39, 0.29) is 0 Å². The molecule has 0 aliphatic carbocycles. The second-order valence-electron chi connectivity index (χ2n) is 4.25. The summed E-state index contributed by atoms with van der Waals surface area (Å²) in [5.41, 5.74) is 5.74. The lowest BCUT2D eigenvalue weighted by Gasteiger charge is -2.31. The first-order valence-corrected chi connectivity index (χ1v) is 6.12. The van der Waals surface area contributed by atoms with Crippen LogP contribution in [0.5, 0.6) is 0 Å². The Morgan fingerprint density at radius 1 is 1.27 bits per heavy atom. The molecule has 0 aromatic heterocycles. The van der Waals surface area contributed by atoms with Crippen LogP contribution in [0.3, 0.4) is 0 Å². The molecular formula is C12H28N2O. The Kier molecular flexibility index (Phi) is 9.06. The average Bonchev–Trinajstić information content (AvgIpc) is 2.28. The largest absolute Gasteiger partial charge is 0.383 e. The van der Waals surface area contributed by atoms with Gasteiger partial charge in [0, 0.05) is 26.2 Å². The molecule has 0 heterocycles. The first-order valence-electron chi connectivity index (χ1n) is 6.12. The average molecular weight is 216 g/mol. The van der Waals surface area contributed by atoms with Crippen LogP contribution in [0.1, 0.15) is 33.6 Å². The van der Waals surface area contributed by atoms with Gasteiger partial charge in [0.05, 0.1) is 6.61 Å².